The number of halogens is 4. The van der Waals surface area contributed by atoms with Gasteiger partial charge in [0.25, 0.3) is 0 Å². The predicted molar refractivity (Wildman–Crippen MR) is 84.2 cm³/mol. The molecule has 2 aromatic heterocycles. The Kier molecular flexibility index (Phi) is 3.97. The molecule has 25 heavy (non-hydrogen) atoms. The molecule has 0 radical (unpaired) electrons. The fourth-order valence-corrected chi connectivity index (χ4v) is 3.98. The Morgan fingerprint density at radius 3 is 1.40 bits per heavy atom. The van der Waals surface area contributed by atoms with Crippen molar-refractivity contribution in [1.29, 1.82) is 0 Å². The maximum absolute atomic E-state index is 13.5. The van der Waals surface area contributed by atoms with Crippen molar-refractivity contribution < 1.29 is 17.6 Å². The summed E-state index contributed by atoms with van der Waals surface area (Å²) < 4.78 is 54.1. The predicted octanol–water partition coefficient (Wildman–Crippen LogP) is 3.63. The number of pyridine rings is 2. The van der Waals surface area contributed by atoms with E-state index in [1.165, 1.54) is 24.3 Å². The zero-order valence-corrected chi connectivity index (χ0v) is 13.3. The SMILES string of the molecule is Fc1cc(N2CN(c3cc(F)nc(F)c3)[C@H]3CCCC[C@@H]32)cc(F)n1. The van der Waals surface area contributed by atoms with Crippen LogP contribution in [0.15, 0.2) is 24.3 Å². The third-order valence-corrected chi connectivity index (χ3v) is 4.96. The van der Waals surface area contributed by atoms with E-state index in [2.05, 4.69) is 9.97 Å². The van der Waals surface area contributed by atoms with Gasteiger partial charge in [-0.15, -0.1) is 0 Å². The molecule has 0 bridgehead atoms. The lowest BCUT2D eigenvalue weighted by Crippen LogP contribution is -2.40. The summed E-state index contributed by atoms with van der Waals surface area (Å²) in [5, 5.41) is 0. The van der Waals surface area contributed by atoms with Crippen molar-refractivity contribution in [2.75, 3.05) is 16.5 Å². The van der Waals surface area contributed by atoms with Crippen LogP contribution in [-0.2, 0) is 0 Å². The van der Waals surface area contributed by atoms with Crippen molar-refractivity contribution in [2.24, 2.45) is 0 Å². The van der Waals surface area contributed by atoms with Crippen molar-refractivity contribution in [3.8, 4) is 0 Å². The Morgan fingerprint density at radius 1 is 0.680 bits per heavy atom. The zero-order chi connectivity index (χ0) is 17.6. The summed E-state index contributed by atoms with van der Waals surface area (Å²) in [6, 6.07) is 4.79. The summed E-state index contributed by atoms with van der Waals surface area (Å²) in [5.41, 5.74) is 0.777. The lowest BCUT2D eigenvalue weighted by Gasteiger charge is -2.33. The van der Waals surface area contributed by atoms with Crippen LogP contribution >= 0.6 is 0 Å². The molecule has 0 unspecified atom stereocenters. The van der Waals surface area contributed by atoms with E-state index in [1.807, 2.05) is 9.80 Å². The quantitative estimate of drug-likeness (QED) is 0.610. The highest BCUT2D eigenvalue weighted by atomic mass is 19.1. The molecule has 0 N–H and O–H groups in total. The molecule has 1 saturated carbocycles. The van der Waals surface area contributed by atoms with Gasteiger partial charge < -0.3 is 9.80 Å². The van der Waals surface area contributed by atoms with Gasteiger partial charge in [0.2, 0.25) is 23.8 Å². The Balaban J connectivity index is 1.72. The number of fused-ring (bicyclic) bond motifs is 1. The summed E-state index contributed by atoms with van der Waals surface area (Å²) >= 11 is 0. The average Bonchev–Trinajstić information content (AvgIpc) is 2.93. The van der Waals surface area contributed by atoms with E-state index in [4.69, 9.17) is 0 Å². The van der Waals surface area contributed by atoms with Gasteiger partial charge in [-0.25, -0.2) is 0 Å². The van der Waals surface area contributed by atoms with Gasteiger partial charge in [0.05, 0.1) is 18.8 Å². The lowest BCUT2D eigenvalue weighted by atomic mass is 9.90. The van der Waals surface area contributed by atoms with Crippen molar-refractivity contribution in [2.45, 2.75) is 37.8 Å². The van der Waals surface area contributed by atoms with E-state index < -0.39 is 23.8 Å². The maximum Gasteiger partial charge on any atom is 0.217 e. The highest BCUT2D eigenvalue weighted by Gasteiger charge is 2.42. The Hall–Kier alpha value is -2.38. The second-order valence-corrected chi connectivity index (χ2v) is 6.44. The summed E-state index contributed by atoms with van der Waals surface area (Å²) in [4.78, 5) is 10.0. The van der Waals surface area contributed by atoms with Crippen LogP contribution in [0.2, 0.25) is 0 Å². The first-order valence-corrected chi connectivity index (χ1v) is 8.21. The standard InChI is InChI=1S/C17H16F4N4/c18-14-5-10(6-15(19)22-14)24-9-25(13-4-2-1-3-12(13)24)11-7-16(20)23-17(21)8-11/h5-8,12-13H,1-4,9H2/t12-,13-/m0/s1. The monoisotopic (exact) mass is 352 g/mol. The minimum absolute atomic E-state index is 0.0224. The van der Waals surface area contributed by atoms with Crippen molar-refractivity contribution in [3.05, 3.63) is 48.1 Å². The number of anilines is 2. The summed E-state index contributed by atoms with van der Waals surface area (Å²) in [6.07, 6.45) is 3.70. The largest absolute Gasteiger partial charge is 0.348 e. The molecule has 3 heterocycles. The molecule has 0 amide bonds. The molecule has 2 fully saturated rings. The number of nitrogens with zero attached hydrogens (tertiary/aromatic N) is 4. The molecule has 4 rings (SSSR count). The van der Waals surface area contributed by atoms with Crippen LogP contribution in [0, 0.1) is 23.8 Å². The molecule has 8 heteroatoms. The normalized spacial score (nSPS) is 23.0. The highest BCUT2D eigenvalue weighted by molar-refractivity contribution is 5.57. The maximum atomic E-state index is 13.5. The minimum Gasteiger partial charge on any atom is -0.348 e. The molecule has 0 spiro atoms. The summed E-state index contributed by atoms with van der Waals surface area (Å²) in [6.45, 7) is 0.293. The van der Waals surface area contributed by atoms with Crippen LogP contribution in [0.5, 0.6) is 0 Å². The van der Waals surface area contributed by atoms with Gasteiger partial charge in [0.1, 0.15) is 0 Å². The molecule has 2 aromatic rings. The number of aromatic nitrogens is 2. The number of hydrogen-bond acceptors (Lipinski definition) is 4. The van der Waals surface area contributed by atoms with Crippen LogP contribution in [0.3, 0.4) is 0 Å². The van der Waals surface area contributed by atoms with Gasteiger partial charge in [-0.2, -0.15) is 27.5 Å². The van der Waals surface area contributed by atoms with E-state index in [-0.39, 0.29) is 12.1 Å². The molecule has 1 aliphatic carbocycles. The number of hydrogen-bond donors (Lipinski definition) is 0. The van der Waals surface area contributed by atoms with E-state index in [9.17, 15) is 17.6 Å². The van der Waals surface area contributed by atoms with E-state index in [1.54, 1.807) is 0 Å². The van der Waals surface area contributed by atoms with Crippen LogP contribution in [0.25, 0.3) is 0 Å². The van der Waals surface area contributed by atoms with Gasteiger partial charge in [-0.1, -0.05) is 12.8 Å². The molecule has 1 aliphatic heterocycles. The van der Waals surface area contributed by atoms with E-state index in [0.717, 1.165) is 25.7 Å². The minimum atomic E-state index is -0.887. The molecule has 132 valence electrons. The van der Waals surface area contributed by atoms with Gasteiger partial charge in [-0.05, 0) is 12.8 Å². The Labute approximate surface area is 142 Å². The first-order chi connectivity index (χ1) is 12.0. The van der Waals surface area contributed by atoms with Crippen LogP contribution in [0.1, 0.15) is 25.7 Å². The van der Waals surface area contributed by atoms with E-state index in [0.29, 0.717) is 18.0 Å². The topological polar surface area (TPSA) is 32.3 Å². The summed E-state index contributed by atoms with van der Waals surface area (Å²) in [7, 11) is 0. The lowest BCUT2D eigenvalue weighted by molar-refractivity contribution is 0.407. The van der Waals surface area contributed by atoms with Crippen molar-refractivity contribution in [1.82, 2.24) is 9.97 Å². The molecular weight excluding hydrogens is 336 g/mol. The van der Waals surface area contributed by atoms with E-state index >= 15 is 0 Å². The van der Waals surface area contributed by atoms with Crippen molar-refractivity contribution >= 4 is 11.4 Å². The Morgan fingerprint density at radius 2 is 1.04 bits per heavy atom. The first kappa shape index (κ1) is 16.1. The molecule has 2 atom stereocenters. The summed E-state index contributed by atoms with van der Waals surface area (Å²) in [5.74, 6) is -3.55. The van der Waals surface area contributed by atoms with Gasteiger partial charge in [0, 0.05) is 35.6 Å². The van der Waals surface area contributed by atoms with Crippen LogP contribution in [-0.4, -0.2) is 28.7 Å². The molecule has 4 nitrogen and oxygen atoms in total. The fraction of sp³-hybridized carbons (Fsp3) is 0.412. The molecule has 0 aromatic carbocycles. The Bertz CT molecular complexity index is 694. The average molecular weight is 352 g/mol. The second kappa shape index (κ2) is 6.16. The molecular formula is C17H16F4N4. The number of rotatable bonds is 2. The molecule has 1 saturated heterocycles. The van der Waals surface area contributed by atoms with Gasteiger partial charge >= 0.3 is 0 Å². The molecule has 2 aliphatic rings. The zero-order valence-electron chi connectivity index (χ0n) is 13.3. The van der Waals surface area contributed by atoms with Crippen LogP contribution in [0.4, 0.5) is 28.9 Å². The third-order valence-electron chi connectivity index (χ3n) is 4.96. The van der Waals surface area contributed by atoms with Gasteiger partial charge in [-0.3, -0.25) is 0 Å². The fourth-order valence-electron chi connectivity index (χ4n) is 3.98. The smallest absolute Gasteiger partial charge is 0.217 e. The third kappa shape index (κ3) is 3.01. The van der Waals surface area contributed by atoms with Crippen LogP contribution < -0.4 is 9.80 Å². The van der Waals surface area contributed by atoms with Crippen molar-refractivity contribution in [3.63, 3.8) is 0 Å². The first-order valence-electron chi connectivity index (χ1n) is 8.21. The second-order valence-electron chi connectivity index (χ2n) is 6.44. The highest BCUT2D eigenvalue weighted by Crippen LogP contribution is 2.38. The van der Waals surface area contributed by atoms with Gasteiger partial charge in [0.15, 0.2) is 0 Å².